The molecule has 0 fully saturated rings. The van der Waals surface area contributed by atoms with E-state index < -0.39 is 0 Å². The van der Waals surface area contributed by atoms with Gasteiger partial charge in [-0.3, -0.25) is 0 Å². The summed E-state index contributed by atoms with van der Waals surface area (Å²) in [4.78, 5) is 5.00. The molecule has 3 nitrogen and oxygen atoms in total. The third kappa shape index (κ3) is 1.88. The molecule has 86 valence electrons. The quantitative estimate of drug-likeness (QED) is 0.863. The van der Waals surface area contributed by atoms with Crippen molar-refractivity contribution in [3.63, 3.8) is 0 Å². The molecule has 1 N–H and O–H groups in total. The number of aromatic nitrogens is 1. The minimum Gasteiger partial charge on any atom is -0.497 e. The molecule has 0 amide bonds. The molecule has 0 aliphatic carbocycles. The van der Waals surface area contributed by atoms with Crippen molar-refractivity contribution in [1.82, 2.24) is 9.88 Å². The van der Waals surface area contributed by atoms with Crippen LogP contribution in [0.2, 0.25) is 0 Å². The van der Waals surface area contributed by atoms with Gasteiger partial charge in [0.1, 0.15) is 5.75 Å². The first kappa shape index (κ1) is 11.0. The molecule has 0 spiro atoms. The van der Waals surface area contributed by atoms with Crippen LogP contribution in [-0.2, 0) is 6.54 Å². The van der Waals surface area contributed by atoms with Gasteiger partial charge < -0.3 is 14.6 Å². The van der Waals surface area contributed by atoms with Gasteiger partial charge in [0, 0.05) is 24.2 Å². The Hall–Kier alpha value is -1.55. The van der Waals surface area contributed by atoms with Gasteiger partial charge in [-0.2, -0.15) is 0 Å². The van der Waals surface area contributed by atoms with Crippen LogP contribution < -0.4 is 4.74 Å². The van der Waals surface area contributed by atoms with Gasteiger partial charge in [-0.25, -0.2) is 4.39 Å². The Labute approximate surface area is 93.8 Å². The number of hydrogen-bond donors (Lipinski definition) is 1. The summed E-state index contributed by atoms with van der Waals surface area (Å²) in [6.45, 7) is 0.770. The van der Waals surface area contributed by atoms with Crippen LogP contribution in [-0.4, -0.2) is 31.1 Å². The van der Waals surface area contributed by atoms with E-state index in [9.17, 15) is 4.39 Å². The topological polar surface area (TPSA) is 28.3 Å². The molecule has 0 aliphatic rings. The highest BCUT2D eigenvalue weighted by atomic mass is 19.1. The molecule has 0 saturated heterocycles. The van der Waals surface area contributed by atoms with Gasteiger partial charge in [-0.15, -0.1) is 0 Å². The first-order chi connectivity index (χ1) is 7.61. The van der Waals surface area contributed by atoms with Crippen LogP contribution in [0.1, 0.15) is 5.56 Å². The number of halogens is 1. The largest absolute Gasteiger partial charge is 0.497 e. The van der Waals surface area contributed by atoms with E-state index in [2.05, 4.69) is 4.98 Å². The highest BCUT2D eigenvalue weighted by Crippen LogP contribution is 2.26. The summed E-state index contributed by atoms with van der Waals surface area (Å²) in [5.41, 5.74) is 1.61. The second-order valence-corrected chi connectivity index (χ2v) is 4.08. The van der Waals surface area contributed by atoms with E-state index in [4.69, 9.17) is 4.74 Å². The van der Waals surface area contributed by atoms with Crippen molar-refractivity contribution in [2.45, 2.75) is 6.54 Å². The monoisotopic (exact) mass is 222 g/mol. The first-order valence-electron chi connectivity index (χ1n) is 5.10. The molecule has 0 aliphatic heterocycles. The lowest BCUT2D eigenvalue weighted by Crippen LogP contribution is -2.10. The minimum atomic E-state index is -0.278. The lowest BCUT2D eigenvalue weighted by Gasteiger charge is -2.08. The molecular formula is C12H15FN2O. The second kappa shape index (κ2) is 4.14. The number of benzene rings is 1. The Balaban J connectivity index is 2.56. The van der Waals surface area contributed by atoms with E-state index in [-0.39, 0.29) is 5.82 Å². The number of H-pyrrole nitrogens is 1. The van der Waals surface area contributed by atoms with Gasteiger partial charge in [-0.05, 0) is 25.7 Å². The standard InChI is InChI=1S/C12H15FN2O/c1-15(2)7-8-6-14-12-10(8)4-9(16-3)5-11(12)13/h4-6,14H,7H2,1-3H3. The predicted octanol–water partition coefficient (Wildman–Crippen LogP) is 2.38. The SMILES string of the molecule is COc1cc(F)c2[nH]cc(CN(C)C)c2c1. The summed E-state index contributed by atoms with van der Waals surface area (Å²) in [5, 5.41) is 0.880. The van der Waals surface area contributed by atoms with Crippen molar-refractivity contribution in [3.05, 3.63) is 29.7 Å². The van der Waals surface area contributed by atoms with Crippen molar-refractivity contribution >= 4 is 10.9 Å². The van der Waals surface area contributed by atoms with E-state index in [1.165, 1.54) is 6.07 Å². The van der Waals surface area contributed by atoms with Crippen LogP contribution in [0, 0.1) is 5.82 Å². The molecule has 1 aromatic heterocycles. The summed E-state index contributed by atoms with van der Waals surface area (Å²) in [7, 11) is 5.50. The normalized spacial score (nSPS) is 11.3. The Morgan fingerprint density at radius 3 is 2.75 bits per heavy atom. The van der Waals surface area contributed by atoms with E-state index in [0.717, 1.165) is 17.5 Å². The Morgan fingerprint density at radius 2 is 2.12 bits per heavy atom. The molecule has 1 aromatic carbocycles. The molecule has 2 rings (SSSR count). The van der Waals surface area contributed by atoms with Crippen LogP contribution in [0.4, 0.5) is 4.39 Å². The highest BCUT2D eigenvalue weighted by Gasteiger charge is 2.10. The summed E-state index contributed by atoms with van der Waals surface area (Å²) >= 11 is 0. The fourth-order valence-electron chi connectivity index (χ4n) is 1.81. The maximum absolute atomic E-state index is 13.7. The van der Waals surface area contributed by atoms with Crippen LogP contribution in [0.15, 0.2) is 18.3 Å². The molecule has 1 heterocycles. The Bertz CT molecular complexity index is 505. The number of nitrogens with zero attached hydrogens (tertiary/aromatic N) is 1. The third-order valence-electron chi connectivity index (χ3n) is 2.52. The van der Waals surface area contributed by atoms with E-state index in [1.807, 2.05) is 31.3 Å². The lowest BCUT2D eigenvalue weighted by atomic mass is 10.1. The molecular weight excluding hydrogens is 207 g/mol. The van der Waals surface area contributed by atoms with E-state index >= 15 is 0 Å². The number of nitrogens with one attached hydrogen (secondary N) is 1. The minimum absolute atomic E-state index is 0.278. The summed E-state index contributed by atoms with van der Waals surface area (Å²) in [6.07, 6.45) is 1.84. The van der Waals surface area contributed by atoms with Gasteiger partial charge in [0.25, 0.3) is 0 Å². The lowest BCUT2D eigenvalue weighted by molar-refractivity contribution is 0.403. The van der Waals surface area contributed by atoms with E-state index in [0.29, 0.717) is 11.3 Å². The third-order valence-corrected chi connectivity index (χ3v) is 2.52. The van der Waals surface area contributed by atoms with Crippen LogP contribution >= 0.6 is 0 Å². The predicted molar refractivity (Wildman–Crippen MR) is 62.2 cm³/mol. The number of ether oxygens (including phenoxy) is 1. The van der Waals surface area contributed by atoms with Gasteiger partial charge in [-0.1, -0.05) is 0 Å². The zero-order chi connectivity index (χ0) is 11.7. The summed E-state index contributed by atoms with van der Waals surface area (Å²) in [5.74, 6) is 0.268. The van der Waals surface area contributed by atoms with E-state index in [1.54, 1.807) is 7.11 Å². The fraction of sp³-hybridized carbons (Fsp3) is 0.333. The summed E-state index contributed by atoms with van der Waals surface area (Å²) < 4.78 is 18.7. The zero-order valence-electron chi connectivity index (χ0n) is 9.67. The average Bonchev–Trinajstić information content (AvgIpc) is 2.61. The summed E-state index contributed by atoms with van der Waals surface area (Å²) in [6, 6.07) is 3.24. The molecule has 2 aromatic rings. The van der Waals surface area contributed by atoms with Crippen molar-refractivity contribution in [1.29, 1.82) is 0 Å². The molecule has 0 bridgehead atoms. The maximum atomic E-state index is 13.7. The van der Waals surface area contributed by atoms with Crippen molar-refractivity contribution in [2.75, 3.05) is 21.2 Å². The number of rotatable bonds is 3. The van der Waals surface area contributed by atoms with Crippen molar-refractivity contribution in [2.24, 2.45) is 0 Å². The van der Waals surface area contributed by atoms with Gasteiger partial charge in [0.15, 0.2) is 5.82 Å². The maximum Gasteiger partial charge on any atom is 0.150 e. The van der Waals surface area contributed by atoms with Gasteiger partial charge in [0.2, 0.25) is 0 Å². The number of aromatic amines is 1. The molecule has 0 atom stereocenters. The zero-order valence-corrected chi connectivity index (χ0v) is 9.67. The molecule has 0 unspecified atom stereocenters. The van der Waals surface area contributed by atoms with Gasteiger partial charge >= 0.3 is 0 Å². The van der Waals surface area contributed by atoms with Crippen LogP contribution in [0.5, 0.6) is 5.75 Å². The Morgan fingerprint density at radius 1 is 1.38 bits per heavy atom. The van der Waals surface area contributed by atoms with Gasteiger partial charge in [0.05, 0.1) is 12.6 Å². The molecule has 4 heteroatoms. The van der Waals surface area contributed by atoms with Crippen LogP contribution in [0.3, 0.4) is 0 Å². The Kier molecular flexibility index (Phi) is 2.83. The molecule has 16 heavy (non-hydrogen) atoms. The van der Waals surface area contributed by atoms with Crippen LogP contribution in [0.25, 0.3) is 10.9 Å². The van der Waals surface area contributed by atoms with Crippen molar-refractivity contribution in [3.8, 4) is 5.75 Å². The number of fused-ring (bicyclic) bond motifs is 1. The molecule has 0 radical (unpaired) electrons. The smallest absolute Gasteiger partial charge is 0.150 e. The fourth-order valence-corrected chi connectivity index (χ4v) is 1.81. The number of hydrogen-bond acceptors (Lipinski definition) is 2. The second-order valence-electron chi connectivity index (χ2n) is 4.08. The molecule has 0 saturated carbocycles. The van der Waals surface area contributed by atoms with Crippen molar-refractivity contribution < 1.29 is 9.13 Å². The average molecular weight is 222 g/mol. The number of methoxy groups -OCH3 is 1. The highest BCUT2D eigenvalue weighted by molar-refractivity contribution is 5.85. The first-order valence-corrected chi connectivity index (χ1v) is 5.10.